The van der Waals surface area contributed by atoms with E-state index in [1.807, 2.05) is 60.7 Å². The van der Waals surface area contributed by atoms with Crippen LogP contribution in [0.5, 0.6) is 5.75 Å². The zero-order chi connectivity index (χ0) is 20.2. The average molecular weight is 399 g/mol. The smallest absolute Gasteiger partial charge is 0.266 e. The first kappa shape index (κ1) is 18.8. The van der Waals surface area contributed by atoms with E-state index in [0.29, 0.717) is 38.8 Å². The first-order valence-electron chi connectivity index (χ1n) is 8.98. The van der Waals surface area contributed by atoms with Crippen molar-refractivity contribution in [3.05, 3.63) is 94.3 Å². The summed E-state index contributed by atoms with van der Waals surface area (Å²) in [4.78, 5) is 18.0. The molecule has 1 aromatic heterocycles. The molecule has 0 N–H and O–H groups in total. The second kappa shape index (κ2) is 8.21. The van der Waals surface area contributed by atoms with Crippen LogP contribution in [0.15, 0.2) is 82.7 Å². The molecule has 142 valence electrons. The Hall–Kier alpha value is -3.56. The van der Waals surface area contributed by atoms with E-state index in [4.69, 9.17) is 9.72 Å². The first-order valence-corrected chi connectivity index (χ1v) is 9.97. The van der Waals surface area contributed by atoms with Crippen LogP contribution in [0, 0.1) is 11.3 Å². The molecule has 1 heterocycles. The molecule has 0 radical (unpaired) electrons. The van der Waals surface area contributed by atoms with Crippen LogP contribution in [0.4, 0.5) is 0 Å². The molecule has 0 unspecified atom stereocenters. The summed E-state index contributed by atoms with van der Waals surface area (Å²) in [6, 6.07) is 24.3. The number of thioether (sulfide) groups is 1. The lowest BCUT2D eigenvalue weighted by Crippen LogP contribution is -2.21. The van der Waals surface area contributed by atoms with E-state index in [2.05, 4.69) is 6.07 Å². The summed E-state index contributed by atoms with van der Waals surface area (Å²) in [5, 5.41) is 10.5. The lowest BCUT2D eigenvalue weighted by Gasteiger charge is -2.14. The molecule has 0 saturated heterocycles. The third kappa shape index (κ3) is 3.73. The molecular weight excluding hydrogens is 382 g/mol. The Balaban J connectivity index is 1.85. The Morgan fingerprint density at radius 1 is 1.07 bits per heavy atom. The predicted molar refractivity (Wildman–Crippen MR) is 115 cm³/mol. The van der Waals surface area contributed by atoms with Crippen LogP contribution in [-0.4, -0.2) is 16.7 Å². The maximum atomic E-state index is 13.3. The fourth-order valence-corrected chi connectivity index (χ4v) is 4.10. The van der Waals surface area contributed by atoms with Crippen molar-refractivity contribution in [2.45, 2.75) is 10.9 Å². The van der Waals surface area contributed by atoms with Crippen LogP contribution in [0.2, 0.25) is 0 Å². The zero-order valence-electron chi connectivity index (χ0n) is 15.7. The van der Waals surface area contributed by atoms with Crippen LogP contribution in [0.25, 0.3) is 16.6 Å². The minimum Gasteiger partial charge on any atom is -0.497 e. The van der Waals surface area contributed by atoms with Gasteiger partial charge in [0, 0.05) is 11.8 Å². The van der Waals surface area contributed by atoms with Gasteiger partial charge in [0.15, 0.2) is 5.16 Å². The molecule has 0 aliphatic carbocycles. The van der Waals surface area contributed by atoms with E-state index < -0.39 is 0 Å². The number of para-hydroxylation sites is 1. The summed E-state index contributed by atoms with van der Waals surface area (Å²) in [6.45, 7) is 0. The lowest BCUT2D eigenvalue weighted by molar-refractivity contribution is 0.414. The molecule has 0 bridgehead atoms. The van der Waals surface area contributed by atoms with Crippen molar-refractivity contribution in [3.63, 3.8) is 0 Å². The summed E-state index contributed by atoms with van der Waals surface area (Å²) in [5.41, 5.74) is 2.71. The average Bonchev–Trinajstić information content (AvgIpc) is 2.78. The van der Waals surface area contributed by atoms with Crippen LogP contribution in [0.3, 0.4) is 0 Å². The summed E-state index contributed by atoms with van der Waals surface area (Å²) in [5.74, 6) is 1.19. The monoisotopic (exact) mass is 399 g/mol. The van der Waals surface area contributed by atoms with Gasteiger partial charge in [0.05, 0.1) is 35.3 Å². The molecule has 6 heteroatoms. The van der Waals surface area contributed by atoms with Crippen molar-refractivity contribution >= 4 is 22.7 Å². The first-order chi connectivity index (χ1) is 14.2. The largest absolute Gasteiger partial charge is 0.497 e. The van der Waals surface area contributed by atoms with Crippen molar-refractivity contribution in [3.8, 4) is 17.5 Å². The molecule has 0 spiro atoms. The van der Waals surface area contributed by atoms with Gasteiger partial charge in [0.1, 0.15) is 5.75 Å². The normalized spacial score (nSPS) is 10.6. The Labute approximate surface area is 172 Å². The highest BCUT2D eigenvalue weighted by Gasteiger charge is 2.14. The Kier molecular flexibility index (Phi) is 5.32. The van der Waals surface area contributed by atoms with E-state index in [0.717, 1.165) is 5.56 Å². The molecule has 0 aliphatic rings. The van der Waals surface area contributed by atoms with Crippen LogP contribution < -0.4 is 10.3 Å². The highest BCUT2D eigenvalue weighted by Crippen LogP contribution is 2.27. The number of nitriles is 1. The van der Waals surface area contributed by atoms with Crippen LogP contribution in [-0.2, 0) is 5.75 Å². The molecule has 0 saturated carbocycles. The van der Waals surface area contributed by atoms with Gasteiger partial charge in [-0.15, -0.1) is 0 Å². The minimum atomic E-state index is -0.139. The highest BCUT2D eigenvalue weighted by molar-refractivity contribution is 7.98. The van der Waals surface area contributed by atoms with Gasteiger partial charge in [-0.2, -0.15) is 5.26 Å². The Bertz CT molecular complexity index is 1290. The van der Waals surface area contributed by atoms with Gasteiger partial charge >= 0.3 is 0 Å². The van der Waals surface area contributed by atoms with Crippen molar-refractivity contribution in [2.24, 2.45) is 0 Å². The minimum absolute atomic E-state index is 0.139. The highest BCUT2D eigenvalue weighted by atomic mass is 32.2. The number of rotatable bonds is 5. The lowest BCUT2D eigenvalue weighted by atomic mass is 10.1. The standard InChI is InChI=1S/C23H17N3O2S/c1-28-19-10-6-9-18(13-19)26-22(27)20-11-4-5-12-21(20)25-23(26)29-15-17-8-3-2-7-16(17)14-24/h2-13H,15H2,1H3. The van der Waals surface area contributed by atoms with E-state index in [-0.39, 0.29) is 5.56 Å². The van der Waals surface area contributed by atoms with Gasteiger partial charge in [-0.3, -0.25) is 9.36 Å². The quantitative estimate of drug-likeness (QED) is 0.364. The third-order valence-corrected chi connectivity index (χ3v) is 5.54. The Morgan fingerprint density at radius 2 is 1.86 bits per heavy atom. The topological polar surface area (TPSA) is 67.9 Å². The number of ether oxygens (including phenoxy) is 1. The molecular formula is C23H17N3O2S. The number of benzene rings is 3. The third-order valence-electron chi connectivity index (χ3n) is 4.55. The number of nitrogens with zero attached hydrogens (tertiary/aromatic N) is 3. The van der Waals surface area contributed by atoms with E-state index in [9.17, 15) is 10.1 Å². The fourth-order valence-electron chi connectivity index (χ4n) is 3.08. The summed E-state index contributed by atoms with van der Waals surface area (Å²) in [6.07, 6.45) is 0. The summed E-state index contributed by atoms with van der Waals surface area (Å²) >= 11 is 1.43. The molecule has 4 rings (SSSR count). The number of aromatic nitrogens is 2. The van der Waals surface area contributed by atoms with Gasteiger partial charge in [0.25, 0.3) is 5.56 Å². The predicted octanol–water partition coefficient (Wildman–Crippen LogP) is 4.56. The van der Waals surface area contributed by atoms with Gasteiger partial charge in [-0.25, -0.2) is 4.98 Å². The molecule has 0 aliphatic heterocycles. The molecule has 4 aromatic rings. The van der Waals surface area contributed by atoms with Gasteiger partial charge in [0.2, 0.25) is 0 Å². The summed E-state index contributed by atoms with van der Waals surface area (Å²) in [7, 11) is 1.59. The molecule has 0 fully saturated rings. The number of hydrogen-bond acceptors (Lipinski definition) is 5. The van der Waals surface area contributed by atoms with Crippen molar-refractivity contribution in [1.82, 2.24) is 9.55 Å². The second-order valence-electron chi connectivity index (χ2n) is 6.31. The molecule has 29 heavy (non-hydrogen) atoms. The van der Waals surface area contributed by atoms with Gasteiger partial charge < -0.3 is 4.74 Å². The fraction of sp³-hybridized carbons (Fsp3) is 0.0870. The Morgan fingerprint density at radius 3 is 2.69 bits per heavy atom. The molecule has 3 aromatic carbocycles. The van der Waals surface area contributed by atoms with Crippen molar-refractivity contribution < 1.29 is 4.74 Å². The van der Waals surface area contributed by atoms with Crippen LogP contribution in [0.1, 0.15) is 11.1 Å². The second-order valence-corrected chi connectivity index (χ2v) is 7.25. The number of methoxy groups -OCH3 is 1. The van der Waals surface area contributed by atoms with E-state index in [1.165, 1.54) is 11.8 Å². The summed E-state index contributed by atoms with van der Waals surface area (Å²) < 4.78 is 6.93. The van der Waals surface area contributed by atoms with Gasteiger partial charge in [-0.05, 0) is 35.9 Å². The van der Waals surface area contributed by atoms with E-state index in [1.54, 1.807) is 23.8 Å². The molecule has 0 amide bonds. The van der Waals surface area contributed by atoms with Gasteiger partial charge in [-0.1, -0.05) is 48.2 Å². The van der Waals surface area contributed by atoms with Crippen molar-refractivity contribution in [2.75, 3.05) is 7.11 Å². The maximum absolute atomic E-state index is 13.3. The number of fused-ring (bicyclic) bond motifs is 1. The number of hydrogen-bond donors (Lipinski definition) is 0. The maximum Gasteiger partial charge on any atom is 0.266 e. The SMILES string of the molecule is COc1cccc(-n2c(SCc3ccccc3C#N)nc3ccccc3c2=O)c1. The van der Waals surface area contributed by atoms with Crippen LogP contribution >= 0.6 is 11.8 Å². The molecule has 0 atom stereocenters. The van der Waals surface area contributed by atoms with Crippen molar-refractivity contribution in [1.29, 1.82) is 5.26 Å². The van der Waals surface area contributed by atoms with E-state index >= 15 is 0 Å². The zero-order valence-corrected chi connectivity index (χ0v) is 16.5. The molecule has 5 nitrogen and oxygen atoms in total.